The third-order valence-electron chi connectivity index (χ3n) is 5.74. The van der Waals surface area contributed by atoms with Gasteiger partial charge in [-0.3, -0.25) is 9.69 Å². The summed E-state index contributed by atoms with van der Waals surface area (Å²) in [6.45, 7) is 2.59. The van der Waals surface area contributed by atoms with Crippen LogP contribution in [-0.4, -0.2) is 59.0 Å². The Morgan fingerprint density at radius 3 is 2.44 bits per heavy atom. The number of thiazole rings is 1. The Hall–Kier alpha value is -2.34. The number of nitrogens with zero attached hydrogens (tertiary/aromatic N) is 2. The number of carbonyl (C=O) groups is 1. The second kappa shape index (κ2) is 9.73. The lowest BCUT2D eigenvalue weighted by Crippen LogP contribution is -2.38. The van der Waals surface area contributed by atoms with Crippen LogP contribution in [0.4, 0.5) is 5.13 Å². The number of hydrogen-bond donors (Lipinski definition) is 0. The van der Waals surface area contributed by atoms with E-state index in [0.29, 0.717) is 34.1 Å². The van der Waals surface area contributed by atoms with E-state index in [1.54, 1.807) is 36.1 Å². The van der Waals surface area contributed by atoms with Gasteiger partial charge in [0.05, 0.1) is 44.8 Å². The average Bonchev–Trinajstić information content (AvgIpc) is 3.46. The highest BCUT2D eigenvalue weighted by Crippen LogP contribution is 2.32. The monoisotopic (exact) mass is 522 g/mol. The first-order valence-electron chi connectivity index (χ1n) is 10.9. The number of benzene rings is 2. The fraction of sp³-hybridized carbons (Fsp3) is 0.391. The highest BCUT2D eigenvalue weighted by atomic mass is 32.2. The molecule has 0 spiro atoms. The van der Waals surface area contributed by atoms with Crippen molar-refractivity contribution in [3.8, 4) is 0 Å². The number of anilines is 1. The zero-order valence-electron chi connectivity index (χ0n) is 18.9. The Morgan fingerprint density at radius 1 is 1.12 bits per heavy atom. The van der Waals surface area contributed by atoms with Gasteiger partial charge in [0.25, 0.3) is 0 Å². The van der Waals surface area contributed by atoms with Gasteiger partial charge in [0.15, 0.2) is 24.8 Å². The number of sulfone groups is 2. The van der Waals surface area contributed by atoms with Crippen molar-refractivity contribution in [3.05, 3.63) is 48.0 Å². The van der Waals surface area contributed by atoms with Crippen LogP contribution in [0.15, 0.2) is 52.3 Å². The van der Waals surface area contributed by atoms with E-state index in [2.05, 4.69) is 4.98 Å². The quantitative estimate of drug-likeness (QED) is 0.447. The van der Waals surface area contributed by atoms with Gasteiger partial charge in [0, 0.05) is 12.9 Å². The first-order chi connectivity index (χ1) is 16.1. The molecule has 2 heterocycles. The van der Waals surface area contributed by atoms with Crippen LogP contribution in [0, 0.1) is 0 Å². The van der Waals surface area contributed by atoms with E-state index in [-0.39, 0.29) is 34.0 Å². The lowest BCUT2D eigenvalue weighted by atomic mass is 10.1. The summed E-state index contributed by atoms with van der Waals surface area (Å²) in [5, 5.41) is 0.478. The van der Waals surface area contributed by atoms with Crippen LogP contribution in [0.2, 0.25) is 0 Å². The molecule has 1 saturated heterocycles. The molecule has 3 aromatic rings. The van der Waals surface area contributed by atoms with E-state index >= 15 is 0 Å². The first kappa shape index (κ1) is 24.8. The number of carbonyl (C=O) groups excluding carboxylic acids is 1. The summed E-state index contributed by atoms with van der Waals surface area (Å²) in [5.74, 6) is -0.178. The molecule has 4 rings (SSSR count). The molecule has 2 aromatic carbocycles. The van der Waals surface area contributed by atoms with E-state index in [1.165, 1.54) is 29.5 Å². The average molecular weight is 523 g/mol. The Bertz CT molecular complexity index is 1410. The predicted octanol–water partition coefficient (Wildman–Crippen LogP) is 3.25. The minimum absolute atomic E-state index is 0.0130. The molecular weight excluding hydrogens is 496 g/mol. The van der Waals surface area contributed by atoms with Crippen molar-refractivity contribution in [2.24, 2.45) is 0 Å². The number of fused-ring (bicyclic) bond motifs is 1. The number of rotatable bonds is 8. The maximum atomic E-state index is 13.4. The van der Waals surface area contributed by atoms with Crippen molar-refractivity contribution in [1.82, 2.24) is 4.98 Å². The molecule has 0 aliphatic carbocycles. The van der Waals surface area contributed by atoms with Gasteiger partial charge in [-0.1, -0.05) is 30.4 Å². The van der Waals surface area contributed by atoms with Gasteiger partial charge in [-0.15, -0.1) is 0 Å². The van der Waals surface area contributed by atoms with Crippen LogP contribution in [0.1, 0.15) is 25.3 Å². The standard InChI is InChI=1S/C23H26N2O6S3/c1-3-34(29,30)18-8-6-16(7-9-18)13-22(26)25(15-17-5-4-12-31-17)23-24-20-11-10-19(33(2,27)28)14-21(20)32-23/h6-11,14,17H,3-5,12-13,15H2,1-2H3. The highest BCUT2D eigenvalue weighted by molar-refractivity contribution is 7.91. The molecule has 1 aliphatic rings. The smallest absolute Gasteiger partial charge is 0.233 e. The van der Waals surface area contributed by atoms with Gasteiger partial charge in [-0.25, -0.2) is 21.8 Å². The van der Waals surface area contributed by atoms with Crippen molar-refractivity contribution < 1.29 is 26.4 Å². The Labute approximate surface area is 203 Å². The molecular formula is C23H26N2O6S3. The summed E-state index contributed by atoms with van der Waals surface area (Å²) in [7, 11) is -6.67. The number of amides is 1. The van der Waals surface area contributed by atoms with Crippen molar-refractivity contribution in [2.75, 3.05) is 30.1 Å². The van der Waals surface area contributed by atoms with Crippen LogP contribution in [-0.2, 0) is 35.6 Å². The number of aromatic nitrogens is 1. The second-order valence-corrected chi connectivity index (χ2v) is 13.6. The van der Waals surface area contributed by atoms with Crippen LogP contribution in [0.5, 0.6) is 0 Å². The molecule has 0 bridgehead atoms. The number of hydrogen-bond acceptors (Lipinski definition) is 8. The molecule has 1 aliphatic heterocycles. The lowest BCUT2D eigenvalue weighted by molar-refractivity contribution is -0.118. The van der Waals surface area contributed by atoms with Gasteiger partial charge in [0.1, 0.15) is 0 Å². The summed E-state index contributed by atoms with van der Waals surface area (Å²) >= 11 is 1.26. The molecule has 1 atom stereocenters. The highest BCUT2D eigenvalue weighted by Gasteiger charge is 2.26. The lowest BCUT2D eigenvalue weighted by Gasteiger charge is -2.23. The molecule has 34 heavy (non-hydrogen) atoms. The van der Waals surface area contributed by atoms with Crippen molar-refractivity contribution >= 4 is 52.3 Å². The van der Waals surface area contributed by atoms with E-state index in [1.807, 2.05) is 0 Å². The molecule has 1 unspecified atom stereocenters. The fourth-order valence-electron chi connectivity index (χ4n) is 3.77. The van der Waals surface area contributed by atoms with Gasteiger partial charge >= 0.3 is 0 Å². The van der Waals surface area contributed by atoms with Gasteiger partial charge < -0.3 is 4.74 Å². The summed E-state index contributed by atoms with van der Waals surface area (Å²) in [4.78, 5) is 20.0. The summed E-state index contributed by atoms with van der Waals surface area (Å²) in [6.07, 6.45) is 2.90. The van der Waals surface area contributed by atoms with Crippen LogP contribution in [0.25, 0.3) is 10.2 Å². The molecule has 1 amide bonds. The van der Waals surface area contributed by atoms with Crippen LogP contribution < -0.4 is 4.90 Å². The maximum Gasteiger partial charge on any atom is 0.233 e. The summed E-state index contributed by atoms with van der Waals surface area (Å²) in [6, 6.07) is 11.1. The molecule has 0 saturated carbocycles. The third-order valence-corrected chi connectivity index (χ3v) is 9.64. The van der Waals surface area contributed by atoms with Crippen LogP contribution >= 0.6 is 11.3 Å². The van der Waals surface area contributed by atoms with Crippen molar-refractivity contribution in [2.45, 2.75) is 42.1 Å². The third kappa shape index (κ3) is 5.48. The zero-order valence-corrected chi connectivity index (χ0v) is 21.4. The van der Waals surface area contributed by atoms with Crippen molar-refractivity contribution in [3.63, 3.8) is 0 Å². The molecule has 1 fully saturated rings. The van der Waals surface area contributed by atoms with E-state index in [9.17, 15) is 21.6 Å². The Balaban J connectivity index is 1.62. The Kier molecular flexibility index (Phi) is 7.09. The van der Waals surface area contributed by atoms with Crippen molar-refractivity contribution in [1.29, 1.82) is 0 Å². The summed E-state index contributed by atoms with van der Waals surface area (Å²) < 4.78 is 54.4. The maximum absolute atomic E-state index is 13.4. The zero-order chi connectivity index (χ0) is 24.5. The summed E-state index contributed by atoms with van der Waals surface area (Å²) in [5.41, 5.74) is 1.31. The Morgan fingerprint density at radius 2 is 1.82 bits per heavy atom. The molecule has 0 N–H and O–H groups in total. The number of ether oxygens (including phenoxy) is 1. The van der Waals surface area contributed by atoms with Gasteiger partial charge in [-0.05, 0) is 48.7 Å². The molecule has 182 valence electrons. The van der Waals surface area contributed by atoms with Gasteiger partial charge in [0.2, 0.25) is 5.91 Å². The molecule has 8 nitrogen and oxygen atoms in total. The molecule has 0 radical (unpaired) electrons. The van der Waals surface area contributed by atoms with E-state index in [0.717, 1.165) is 19.1 Å². The largest absolute Gasteiger partial charge is 0.376 e. The fourth-order valence-corrected chi connectivity index (χ4v) is 6.41. The minimum atomic E-state index is -3.36. The SMILES string of the molecule is CCS(=O)(=O)c1ccc(CC(=O)N(CC2CCCO2)c2nc3ccc(S(C)(=O)=O)cc3s2)cc1. The normalized spacial score (nSPS) is 16.7. The van der Waals surface area contributed by atoms with E-state index in [4.69, 9.17) is 4.74 Å². The minimum Gasteiger partial charge on any atom is -0.376 e. The van der Waals surface area contributed by atoms with E-state index < -0.39 is 19.7 Å². The van der Waals surface area contributed by atoms with Gasteiger partial charge in [-0.2, -0.15) is 0 Å². The molecule has 11 heteroatoms. The topological polar surface area (TPSA) is 111 Å². The molecule has 1 aromatic heterocycles. The first-order valence-corrected chi connectivity index (χ1v) is 15.3. The second-order valence-electron chi connectivity index (χ2n) is 8.26. The van der Waals surface area contributed by atoms with Crippen LogP contribution in [0.3, 0.4) is 0 Å². The predicted molar refractivity (Wildman–Crippen MR) is 132 cm³/mol.